The van der Waals surface area contributed by atoms with Crippen molar-refractivity contribution in [2.75, 3.05) is 13.7 Å². The Kier molecular flexibility index (Phi) is 7.49. The monoisotopic (exact) mass is 551 g/mol. The van der Waals surface area contributed by atoms with Crippen LogP contribution in [0.2, 0.25) is 0 Å². The third kappa shape index (κ3) is 5.25. The summed E-state index contributed by atoms with van der Waals surface area (Å²) in [6.07, 6.45) is 6.26. The number of ether oxygens (including phenoxy) is 2. The molecule has 1 aromatic carbocycles. The molecule has 2 amide bonds. The quantitative estimate of drug-likeness (QED) is 0.416. The van der Waals surface area contributed by atoms with Crippen LogP contribution >= 0.6 is 0 Å². The molecule has 40 heavy (non-hydrogen) atoms. The average Bonchev–Trinajstić information content (AvgIpc) is 3.66. The molecule has 4 fully saturated rings. The molecule has 9 heteroatoms. The van der Waals surface area contributed by atoms with Gasteiger partial charge < -0.3 is 25.2 Å². The lowest BCUT2D eigenvalue weighted by Gasteiger charge is -2.39. The minimum absolute atomic E-state index is 0.0248. The molecular formula is C31H41N3O6. The predicted octanol–water partition coefficient (Wildman–Crippen LogP) is 4.29. The third-order valence-electron chi connectivity index (χ3n) is 10.3. The van der Waals surface area contributed by atoms with E-state index in [1.165, 1.54) is 19.6 Å². The number of carbonyl (C=O) groups is 3. The number of carboxylic acids is 1. The van der Waals surface area contributed by atoms with Crippen LogP contribution < -0.4 is 20.1 Å². The summed E-state index contributed by atoms with van der Waals surface area (Å²) in [5.41, 5.74) is -0.105. The van der Waals surface area contributed by atoms with Crippen LogP contribution in [0.5, 0.6) is 11.5 Å². The van der Waals surface area contributed by atoms with Crippen LogP contribution in [0.25, 0.3) is 0 Å². The van der Waals surface area contributed by atoms with Crippen molar-refractivity contribution in [1.82, 2.24) is 10.6 Å². The van der Waals surface area contributed by atoms with Gasteiger partial charge in [-0.25, -0.2) is 0 Å². The number of carbonyl (C=O) groups excluding carboxylic acids is 2. The van der Waals surface area contributed by atoms with E-state index >= 15 is 0 Å². The van der Waals surface area contributed by atoms with Crippen molar-refractivity contribution in [2.24, 2.45) is 34.5 Å². The number of rotatable bonds is 9. The Bertz CT molecular complexity index is 1230. The average molecular weight is 552 g/mol. The molecule has 0 aliphatic heterocycles. The van der Waals surface area contributed by atoms with Gasteiger partial charge >= 0.3 is 5.97 Å². The number of amides is 2. The zero-order chi connectivity index (χ0) is 28.8. The number of nitrogens with zero attached hydrogens (tertiary/aromatic N) is 1. The van der Waals surface area contributed by atoms with E-state index in [4.69, 9.17) is 9.47 Å². The van der Waals surface area contributed by atoms with Crippen LogP contribution in [0.3, 0.4) is 0 Å². The number of fused-ring (bicyclic) bond motifs is 1. The first-order valence-electron chi connectivity index (χ1n) is 14.6. The van der Waals surface area contributed by atoms with Gasteiger partial charge in [0.2, 0.25) is 5.91 Å². The van der Waals surface area contributed by atoms with Crippen molar-refractivity contribution in [3.05, 3.63) is 23.3 Å². The summed E-state index contributed by atoms with van der Waals surface area (Å²) >= 11 is 0. The first kappa shape index (κ1) is 28.3. The molecule has 4 saturated carbocycles. The topological polar surface area (TPSA) is 138 Å². The van der Waals surface area contributed by atoms with Crippen molar-refractivity contribution in [3.8, 4) is 17.6 Å². The Labute approximate surface area is 236 Å². The summed E-state index contributed by atoms with van der Waals surface area (Å²) < 4.78 is 11.7. The fourth-order valence-electron chi connectivity index (χ4n) is 7.13. The van der Waals surface area contributed by atoms with Crippen LogP contribution in [0.1, 0.15) is 88.1 Å². The number of nitriles is 1. The van der Waals surface area contributed by atoms with Gasteiger partial charge in [0.1, 0.15) is 17.6 Å². The fraction of sp³-hybridized carbons (Fsp3) is 0.677. The van der Waals surface area contributed by atoms with Crippen molar-refractivity contribution < 1.29 is 29.0 Å². The second kappa shape index (κ2) is 10.6. The summed E-state index contributed by atoms with van der Waals surface area (Å²) in [5.74, 6) is 0.0280. The molecule has 0 saturated heterocycles. The summed E-state index contributed by atoms with van der Waals surface area (Å²) in [6, 6.07) is 4.89. The molecule has 0 radical (unpaired) electrons. The molecule has 0 heterocycles. The number of hydrogen-bond donors (Lipinski definition) is 3. The highest BCUT2D eigenvalue weighted by molar-refractivity contribution is 5.98. The molecule has 0 bridgehead atoms. The van der Waals surface area contributed by atoms with Crippen molar-refractivity contribution in [3.63, 3.8) is 0 Å². The number of nitrogens with one attached hydrogen (secondary N) is 2. The molecule has 216 valence electrons. The SMILES string of the molecule is COc1cc(C#N)c(OC2CCC(C)(C(=O)O)CC2)cc1C(=O)N[C@H]1[C@@H](C(=O)NCC2(C)CCC2)[C@H]2CC2[C@@H]1C. The number of hydrogen-bond acceptors (Lipinski definition) is 6. The van der Waals surface area contributed by atoms with E-state index in [-0.39, 0.29) is 63.8 Å². The lowest BCUT2D eigenvalue weighted by Crippen LogP contribution is -2.50. The number of aliphatic carboxylic acids is 1. The first-order valence-corrected chi connectivity index (χ1v) is 14.6. The Hall–Kier alpha value is -3.28. The third-order valence-corrected chi connectivity index (χ3v) is 10.3. The van der Waals surface area contributed by atoms with Crippen LogP contribution in [0.15, 0.2) is 12.1 Å². The highest BCUT2D eigenvalue weighted by Crippen LogP contribution is 2.58. The van der Waals surface area contributed by atoms with Gasteiger partial charge in [0.05, 0.1) is 35.7 Å². The van der Waals surface area contributed by atoms with Gasteiger partial charge in [-0.15, -0.1) is 0 Å². The Balaban J connectivity index is 1.31. The van der Waals surface area contributed by atoms with E-state index in [0.717, 1.165) is 19.3 Å². The van der Waals surface area contributed by atoms with E-state index in [2.05, 4.69) is 30.6 Å². The summed E-state index contributed by atoms with van der Waals surface area (Å²) in [7, 11) is 1.45. The van der Waals surface area contributed by atoms with Gasteiger partial charge in [-0.05, 0) is 81.1 Å². The zero-order valence-corrected chi connectivity index (χ0v) is 23.9. The van der Waals surface area contributed by atoms with Crippen molar-refractivity contribution in [2.45, 2.75) is 84.3 Å². The summed E-state index contributed by atoms with van der Waals surface area (Å²) in [5, 5.41) is 25.6. The molecular weight excluding hydrogens is 510 g/mol. The number of methoxy groups -OCH3 is 1. The maximum absolute atomic E-state index is 13.7. The summed E-state index contributed by atoms with van der Waals surface area (Å²) in [4.78, 5) is 38.6. The van der Waals surface area contributed by atoms with E-state index in [9.17, 15) is 24.8 Å². The lowest BCUT2D eigenvalue weighted by molar-refractivity contribution is -0.150. The minimum atomic E-state index is -0.810. The largest absolute Gasteiger partial charge is 0.496 e. The fourth-order valence-corrected chi connectivity index (χ4v) is 7.13. The van der Waals surface area contributed by atoms with E-state index in [1.54, 1.807) is 13.0 Å². The van der Waals surface area contributed by atoms with Gasteiger partial charge in [0.25, 0.3) is 5.91 Å². The normalized spacial score (nSPS) is 33.5. The van der Waals surface area contributed by atoms with Gasteiger partial charge in [0.15, 0.2) is 0 Å². The molecule has 1 aromatic rings. The maximum atomic E-state index is 13.7. The first-order chi connectivity index (χ1) is 19.0. The molecule has 0 spiro atoms. The zero-order valence-electron chi connectivity index (χ0n) is 23.9. The Morgan fingerprint density at radius 2 is 1.80 bits per heavy atom. The van der Waals surface area contributed by atoms with Crippen LogP contribution in [0.4, 0.5) is 0 Å². The molecule has 5 atom stereocenters. The molecule has 3 N–H and O–H groups in total. The van der Waals surface area contributed by atoms with E-state index in [0.29, 0.717) is 44.1 Å². The highest BCUT2D eigenvalue weighted by Gasteiger charge is 2.60. The molecule has 1 unspecified atom stereocenters. The van der Waals surface area contributed by atoms with Gasteiger partial charge in [-0.3, -0.25) is 14.4 Å². The minimum Gasteiger partial charge on any atom is -0.496 e. The molecule has 5 rings (SSSR count). The lowest BCUT2D eigenvalue weighted by atomic mass is 9.70. The number of benzene rings is 1. The molecule has 4 aliphatic carbocycles. The van der Waals surface area contributed by atoms with E-state index < -0.39 is 11.4 Å². The Morgan fingerprint density at radius 1 is 1.10 bits per heavy atom. The molecule has 9 nitrogen and oxygen atoms in total. The van der Waals surface area contributed by atoms with Crippen molar-refractivity contribution >= 4 is 17.8 Å². The Morgan fingerprint density at radius 3 is 2.38 bits per heavy atom. The van der Waals surface area contributed by atoms with Crippen LogP contribution in [-0.2, 0) is 9.59 Å². The second-order valence-corrected chi connectivity index (χ2v) is 13.2. The van der Waals surface area contributed by atoms with Crippen LogP contribution in [-0.4, -0.2) is 48.7 Å². The molecule has 0 aromatic heterocycles. The smallest absolute Gasteiger partial charge is 0.309 e. The van der Waals surface area contributed by atoms with Crippen LogP contribution in [0, 0.1) is 45.8 Å². The van der Waals surface area contributed by atoms with Gasteiger partial charge in [-0.2, -0.15) is 5.26 Å². The second-order valence-electron chi connectivity index (χ2n) is 13.2. The predicted molar refractivity (Wildman–Crippen MR) is 147 cm³/mol. The standard InChI is InChI=1S/C31H41N3O6/c1-17-20-13-21(20)25(28(36)33-16-30(2)8-5-9-30)26(17)34-27(35)22-14-23(18(15-32)12-24(22)39-4)40-19-6-10-31(3,11-7-19)29(37)38/h12,14,17,19-21,25-26H,5-11,13,16H2,1-4H3,(H,33,36)(H,34,35)(H,37,38)/t17-,19?,20?,21-,25-,26+,31?/m0/s1. The van der Waals surface area contributed by atoms with Gasteiger partial charge in [0, 0.05) is 18.7 Å². The molecule has 4 aliphatic rings. The van der Waals surface area contributed by atoms with Gasteiger partial charge in [-0.1, -0.05) is 20.3 Å². The van der Waals surface area contributed by atoms with Crippen molar-refractivity contribution in [1.29, 1.82) is 5.26 Å². The number of carboxylic acid groups (broad SMARTS) is 1. The summed E-state index contributed by atoms with van der Waals surface area (Å²) in [6.45, 7) is 6.74. The maximum Gasteiger partial charge on any atom is 0.309 e. The highest BCUT2D eigenvalue weighted by atomic mass is 16.5. The van der Waals surface area contributed by atoms with E-state index in [1.807, 2.05) is 0 Å².